The smallest absolute Gasteiger partial charge is 0.215 e. The van der Waals surface area contributed by atoms with Crippen LogP contribution in [-0.2, 0) is 17.7 Å². The monoisotopic (exact) mass is 311 g/mol. The molecule has 0 bridgehead atoms. The molecular formula is C15H22ClN3O2. The molecule has 0 unspecified atom stereocenters. The average molecular weight is 312 g/mol. The molecule has 6 heteroatoms. The van der Waals surface area contributed by atoms with Crippen molar-refractivity contribution in [2.45, 2.75) is 26.8 Å². The third-order valence-corrected chi connectivity index (χ3v) is 3.27. The molecule has 5 nitrogen and oxygen atoms in total. The number of aryl methyl sites for hydroxylation is 1. The van der Waals surface area contributed by atoms with Crippen LogP contribution in [0.4, 0.5) is 0 Å². The van der Waals surface area contributed by atoms with Gasteiger partial charge < -0.3 is 14.0 Å². The molecule has 0 aliphatic heterocycles. The molecule has 0 radical (unpaired) electrons. The van der Waals surface area contributed by atoms with E-state index in [1.54, 1.807) is 7.11 Å². The van der Waals surface area contributed by atoms with Gasteiger partial charge in [-0.1, -0.05) is 13.8 Å². The average Bonchev–Trinajstić information content (AvgIpc) is 2.80. The second-order valence-corrected chi connectivity index (χ2v) is 5.66. The zero-order valence-electron chi connectivity index (χ0n) is 12.8. The van der Waals surface area contributed by atoms with Crippen molar-refractivity contribution in [1.29, 1.82) is 0 Å². The van der Waals surface area contributed by atoms with Gasteiger partial charge in [0.2, 0.25) is 5.88 Å². The van der Waals surface area contributed by atoms with Crippen LogP contribution in [0.3, 0.4) is 0 Å². The van der Waals surface area contributed by atoms with E-state index in [2.05, 4.69) is 28.4 Å². The summed E-state index contributed by atoms with van der Waals surface area (Å²) in [7, 11) is 1.61. The fourth-order valence-electron chi connectivity index (χ4n) is 2.13. The second-order valence-electron chi connectivity index (χ2n) is 5.28. The van der Waals surface area contributed by atoms with Crippen molar-refractivity contribution in [1.82, 2.24) is 14.5 Å². The molecule has 0 N–H and O–H groups in total. The summed E-state index contributed by atoms with van der Waals surface area (Å²) in [5, 5.41) is 0. The lowest BCUT2D eigenvalue weighted by Gasteiger charge is -2.10. The zero-order valence-corrected chi connectivity index (χ0v) is 13.6. The molecule has 0 saturated carbocycles. The lowest BCUT2D eigenvalue weighted by molar-refractivity contribution is 0.103. The van der Waals surface area contributed by atoms with Crippen molar-refractivity contribution in [3.8, 4) is 5.88 Å². The third kappa shape index (κ3) is 4.08. The van der Waals surface area contributed by atoms with Gasteiger partial charge in [-0.05, 0) is 12.0 Å². The highest BCUT2D eigenvalue weighted by molar-refractivity contribution is 6.17. The van der Waals surface area contributed by atoms with Crippen LogP contribution in [0, 0.1) is 5.92 Å². The Bertz CT molecular complexity index is 584. The lowest BCUT2D eigenvalue weighted by Crippen LogP contribution is -2.12. The molecule has 2 aromatic heterocycles. The number of nitrogens with zero attached hydrogens (tertiary/aromatic N) is 3. The molecule has 0 atom stereocenters. The number of hydrogen-bond donors (Lipinski definition) is 0. The zero-order chi connectivity index (χ0) is 15.2. The minimum atomic E-state index is 0.532. The first-order valence-electron chi connectivity index (χ1n) is 7.19. The standard InChI is InChI=1S/C15H22ClN3O2/c1-11(2)10-21-9-8-19-13(6-7-16)17-12-4-5-14(20-3)18-15(12)19/h4-5,11H,6-10H2,1-3H3. The van der Waals surface area contributed by atoms with E-state index in [4.69, 9.17) is 21.1 Å². The number of methoxy groups -OCH3 is 1. The summed E-state index contributed by atoms with van der Waals surface area (Å²) >= 11 is 5.87. The van der Waals surface area contributed by atoms with Crippen LogP contribution in [0.2, 0.25) is 0 Å². The van der Waals surface area contributed by atoms with Gasteiger partial charge in [0.15, 0.2) is 5.65 Å². The van der Waals surface area contributed by atoms with Crippen molar-refractivity contribution < 1.29 is 9.47 Å². The number of pyridine rings is 1. The lowest BCUT2D eigenvalue weighted by atomic mass is 10.2. The van der Waals surface area contributed by atoms with Crippen molar-refractivity contribution in [3.63, 3.8) is 0 Å². The van der Waals surface area contributed by atoms with Crippen LogP contribution in [0.25, 0.3) is 11.2 Å². The molecule has 0 aliphatic carbocycles. The Morgan fingerprint density at radius 1 is 1.29 bits per heavy atom. The molecular weight excluding hydrogens is 290 g/mol. The Labute approximate surface area is 130 Å². The molecule has 2 aromatic rings. The first kappa shape index (κ1) is 16.0. The molecule has 2 rings (SSSR count). The number of rotatable bonds is 8. The first-order valence-corrected chi connectivity index (χ1v) is 7.73. The third-order valence-electron chi connectivity index (χ3n) is 3.08. The van der Waals surface area contributed by atoms with E-state index in [0.29, 0.717) is 30.7 Å². The number of aromatic nitrogens is 3. The van der Waals surface area contributed by atoms with Gasteiger partial charge in [-0.15, -0.1) is 11.6 Å². The maximum atomic E-state index is 5.87. The van der Waals surface area contributed by atoms with Gasteiger partial charge in [-0.2, -0.15) is 4.98 Å². The van der Waals surface area contributed by atoms with E-state index in [1.165, 1.54) is 0 Å². The molecule has 0 aromatic carbocycles. The highest BCUT2D eigenvalue weighted by Crippen LogP contribution is 2.18. The summed E-state index contributed by atoms with van der Waals surface area (Å²) in [6.07, 6.45) is 0.713. The molecule has 116 valence electrons. The number of hydrogen-bond acceptors (Lipinski definition) is 4. The molecule has 0 spiro atoms. The minimum absolute atomic E-state index is 0.532. The molecule has 0 saturated heterocycles. The maximum Gasteiger partial charge on any atom is 0.215 e. The van der Waals surface area contributed by atoms with Crippen LogP contribution in [-0.4, -0.2) is 40.7 Å². The predicted octanol–water partition coefficient (Wildman–Crippen LogP) is 2.89. The van der Waals surface area contributed by atoms with Crippen molar-refractivity contribution in [3.05, 3.63) is 18.0 Å². The molecule has 21 heavy (non-hydrogen) atoms. The fourth-order valence-corrected chi connectivity index (χ4v) is 2.30. The maximum absolute atomic E-state index is 5.87. The van der Waals surface area contributed by atoms with Gasteiger partial charge in [0.25, 0.3) is 0 Å². The van der Waals surface area contributed by atoms with Crippen LogP contribution in [0.1, 0.15) is 19.7 Å². The van der Waals surface area contributed by atoms with Gasteiger partial charge in [0.1, 0.15) is 11.3 Å². The number of alkyl halides is 1. The van der Waals surface area contributed by atoms with Crippen molar-refractivity contribution in [2.75, 3.05) is 26.2 Å². The highest BCUT2D eigenvalue weighted by Gasteiger charge is 2.12. The van der Waals surface area contributed by atoms with Gasteiger partial charge >= 0.3 is 0 Å². The number of halogens is 1. The Hall–Kier alpha value is -1.33. The van der Waals surface area contributed by atoms with Gasteiger partial charge in [-0.25, -0.2) is 4.98 Å². The second kappa shape index (κ2) is 7.61. The topological polar surface area (TPSA) is 49.2 Å². The Kier molecular flexibility index (Phi) is 5.82. The SMILES string of the molecule is COc1ccc2nc(CCCl)n(CCOCC(C)C)c2n1. The van der Waals surface area contributed by atoms with E-state index in [9.17, 15) is 0 Å². The van der Waals surface area contributed by atoms with Gasteiger partial charge in [0, 0.05) is 31.5 Å². The summed E-state index contributed by atoms with van der Waals surface area (Å²) in [5.41, 5.74) is 1.68. The summed E-state index contributed by atoms with van der Waals surface area (Å²) in [6, 6.07) is 3.74. The summed E-state index contributed by atoms with van der Waals surface area (Å²) < 4.78 is 12.9. The molecule has 2 heterocycles. The number of imidazole rings is 1. The quantitative estimate of drug-likeness (QED) is 0.555. The molecule has 0 fully saturated rings. The van der Waals surface area contributed by atoms with E-state index >= 15 is 0 Å². The van der Waals surface area contributed by atoms with Gasteiger partial charge in [-0.3, -0.25) is 0 Å². The highest BCUT2D eigenvalue weighted by atomic mass is 35.5. The number of ether oxygens (including phenoxy) is 2. The Morgan fingerprint density at radius 2 is 2.10 bits per heavy atom. The fraction of sp³-hybridized carbons (Fsp3) is 0.600. The van der Waals surface area contributed by atoms with E-state index in [1.807, 2.05) is 12.1 Å². The van der Waals surface area contributed by atoms with E-state index in [0.717, 1.165) is 30.1 Å². The molecule has 0 amide bonds. The summed E-state index contributed by atoms with van der Waals surface area (Å²) in [4.78, 5) is 9.09. The van der Waals surface area contributed by atoms with Crippen LogP contribution in [0.5, 0.6) is 5.88 Å². The Balaban J connectivity index is 2.22. The van der Waals surface area contributed by atoms with Crippen molar-refractivity contribution in [2.24, 2.45) is 5.92 Å². The van der Waals surface area contributed by atoms with Crippen molar-refractivity contribution >= 4 is 22.8 Å². The van der Waals surface area contributed by atoms with Crippen LogP contribution >= 0.6 is 11.6 Å². The molecule has 0 aliphatic rings. The summed E-state index contributed by atoms with van der Waals surface area (Å²) in [5.74, 6) is 2.59. The van der Waals surface area contributed by atoms with Gasteiger partial charge in [0.05, 0.1) is 13.7 Å². The Morgan fingerprint density at radius 3 is 2.76 bits per heavy atom. The van der Waals surface area contributed by atoms with Crippen LogP contribution in [0.15, 0.2) is 12.1 Å². The first-order chi connectivity index (χ1) is 10.2. The number of fused-ring (bicyclic) bond motifs is 1. The predicted molar refractivity (Wildman–Crippen MR) is 84.2 cm³/mol. The van der Waals surface area contributed by atoms with E-state index < -0.39 is 0 Å². The normalized spacial score (nSPS) is 11.5. The largest absolute Gasteiger partial charge is 0.481 e. The van der Waals surface area contributed by atoms with E-state index in [-0.39, 0.29) is 0 Å². The van der Waals surface area contributed by atoms with Crippen LogP contribution < -0.4 is 4.74 Å². The minimum Gasteiger partial charge on any atom is -0.481 e. The summed E-state index contributed by atoms with van der Waals surface area (Å²) in [6.45, 7) is 6.39.